The lowest BCUT2D eigenvalue weighted by Crippen LogP contribution is -2.14. The van der Waals surface area contributed by atoms with E-state index in [4.69, 9.17) is 4.98 Å². The molecule has 228 valence electrons. The second kappa shape index (κ2) is 10.9. The van der Waals surface area contributed by atoms with Gasteiger partial charge in [-0.2, -0.15) is 0 Å². The standard InChI is InChI=1S/C47H35N/c1-30-25-26-36-39(27-30)45(38-22-14-24-41-46(38)37-21-12-13-23-40(37)47(41,2)3)35-20-11-10-19-34(35)44(36)33-28-42(31-15-6-4-7-16-31)48-43(29-33)32-17-8-5-9-18-32/h4-29H,1-3H3. The number of aryl methyl sites for hydroxylation is 1. The molecule has 8 aromatic rings. The van der Waals surface area contributed by atoms with Crippen LogP contribution in [0.4, 0.5) is 0 Å². The second-order valence-electron chi connectivity index (χ2n) is 13.6. The third-order valence-electron chi connectivity index (χ3n) is 10.3. The van der Waals surface area contributed by atoms with Crippen LogP contribution in [-0.4, -0.2) is 4.98 Å². The Balaban J connectivity index is 1.40. The van der Waals surface area contributed by atoms with Gasteiger partial charge in [0.2, 0.25) is 0 Å². The second-order valence-corrected chi connectivity index (χ2v) is 13.6. The van der Waals surface area contributed by atoms with Crippen molar-refractivity contribution in [3.05, 3.63) is 174 Å². The summed E-state index contributed by atoms with van der Waals surface area (Å²) in [4.78, 5) is 5.21. The highest BCUT2D eigenvalue weighted by Crippen LogP contribution is 2.54. The fourth-order valence-corrected chi connectivity index (χ4v) is 8.04. The van der Waals surface area contributed by atoms with Crippen LogP contribution in [-0.2, 0) is 5.41 Å². The zero-order chi connectivity index (χ0) is 32.4. The van der Waals surface area contributed by atoms with E-state index in [1.165, 1.54) is 71.6 Å². The van der Waals surface area contributed by atoms with Gasteiger partial charge in [0.05, 0.1) is 11.4 Å². The Kier molecular flexibility index (Phi) is 6.45. The molecule has 0 radical (unpaired) electrons. The maximum atomic E-state index is 5.21. The fraction of sp³-hybridized carbons (Fsp3) is 0.0851. The van der Waals surface area contributed by atoms with Crippen LogP contribution in [0.1, 0.15) is 30.5 Å². The predicted molar refractivity (Wildman–Crippen MR) is 203 cm³/mol. The van der Waals surface area contributed by atoms with Crippen LogP contribution in [0.5, 0.6) is 0 Å². The minimum atomic E-state index is -0.0673. The lowest BCUT2D eigenvalue weighted by molar-refractivity contribution is 0.660. The van der Waals surface area contributed by atoms with Crippen LogP contribution in [0.3, 0.4) is 0 Å². The Morgan fingerprint density at radius 3 is 1.62 bits per heavy atom. The average molecular weight is 614 g/mol. The molecule has 0 amide bonds. The van der Waals surface area contributed by atoms with E-state index in [9.17, 15) is 0 Å². The average Bonchev–Trinajstić information content (AvgIpc) is 3.37. The van der Waals surface area contributed by atoms with E-state index in [0.29, 0.717) is 0 Å². The number of benzene rings is 7. The number of pyridine rings is 1. The van der Waals surface area contributed by atoms with Crippen molar-refractivity contribution in [1.29, 1.82) is 0 Å². The molecule has 0 N–H and O–H groups in total. The monoisotopic (exact) mass is 613 g/mol. The smallest absolute Gasteiger partial charge is 0.0715 e. The van der Waals surface area contributed by atoms with Gasteiger partial charge in [0.25, 0.3) is 0 Å². The summed E-state index contributed by atoms with van der Waals surface area (Å²) >= 11 is 0. The third-order valence-corrected chi connectivity index (χ3v) is 10.3. The molecule has 0 aliphatic heterocycles. The van der Waals surface area contributed by atoms with Crippen molar-refractivity contribution in [3.8, 4) is 55.9 Å². The summed E-state index contributed by atoms with van der Waals surface area (Å²) in [7, 11) is 0. The minimum Gasteiger partial charge on any atom is -0.248 e. The van der Waals surface area contributed by atoms with Crippen molar-refractivity contribution < 1.29 is 0 Å². The van der Waals surface area contributed by atoms with Gasteiger partial charge in [-0.25, -0.2) is 4.98 Å². The quantitative estimate of drug-likeness (QED) is 0.180. The number of rotatable bonds is 4. The van der Waals surface area contributed by atoms with E-state index in [-0.39, 0.29) is 5.41 Å². The van der Waals surface area contributed by atoms with Crippen LogP contribution in [0.25, 0.3) is 77.4 Å². The molecule has 1 heteroatoms. The van der Waals surface area contributed by atoms with Gasteiger partial charge in [0.1, 0.15) is 0 Å². The Bertz CT molecular complexity index is 2470. The molecule has 48 heavy (non-hydrogen) atoms. The summed E-state index contributed by atoms with van der Waals surface area (Å²) in [6.45, 7) is 6.94. The first-order valence-corrected chi connectivity index (χ1v) is 16.8. The lowest BCUT2D eigenvalue weighted by atomic mass is 9.80. The Hall–Kier alpha value is -5.79. The molecule has 1 aromatic heterocycles. The van der Waals surface area contributed by atoms with E-state index >= 15 is 0 Å². The van der Waals surface area contributed by atoms with E-state index in [2.05, 4.69) is 178 Å². The highest BCUT2D eigenvalue weighted by molar-refractivity contribution is 6.23. The number of fused-ring (bicyclic) bond motifs is 5. The summed E-state index contributed by atoms with van der Waals surface area (Å²) < 4.78 is 0. The van der Waals surface area contributed by atoms with E-state index < -0.39 is 0 Å². The number of nitrogens with zero attached hydrogens (tertiary/aromatic N) is 1. The number of hydrogen-bond acceptors (Lipinski definition) is 1. The van der Waals surface area contributed by atoms with Crippen molar-refractivity contribution in [2.24, 2.45) is 0 Å². The molecule has 0 atom stereocenters. The zero-order valence-corrected chi connectivity index (χ0v) is 27.5. The minimum absolute atomic E-state index is 0.0673. The molecule has 1 heterocycles. The number of hydrogen-bond donors (Lipinski definition) is 0. The zero-order valence-electron chi connectivity index (χ0n) is 27.5. The summed E-state index contributed by atoms with van der Waals surface area (Å²) in [5.74, 6) is 0. The van der Waals surface area contributed by atoms with Crippen LogP contribution in [0.15, 0.2) is 158 Å². The molecule has 0 saturated heterocycles. The van der Waals surface area contributed by atoms with Gasteiger partial charge in [-0.1, -0.05) is 165 Å². The van der Waals surface area contributed by atoms with Crippen molar-refractivity contribution in [1.82, 2.24) is 4.98 Å². The van der Waals surface area contributed by atoms with E-state index in [0.717, 1.165) is 22.5 Å². The molecule has 1 aliphatic carbocycles. The van der Waals surface area contributed by atoms with Gasteiger partial charge in [0.15, 0.2) is 0 Å². The molecule has 1 nitrogen and oxygen atoms in total. The first kappa shape index (κ1) is 28.4. The highest BCUT2D eigenvalue weighted by Gasteiger charge is 2.37. The Labute approximate surface area is 282 Å². The molecule has 7 aromatic carbocycles. The summed E-state index contributed by atoms with van der Waals surface area (Å²) in [5, 5.41) is 5.04. The molecule has 1 aliphatic rings. The molecule has 0 fully saturated rings. The first-order chi connectivity index (χ1) is 23.5. The Morgan fingerprint density at radius 1 is 0.396 bits per heavy atom. The molecular weight excluding hydrogens is 579 g/mol. The van der Waals surface area contributed by atoms with Crippen molar-refractivity contribution in [3.63, 3.8) is 0 Å². The van der Waals surface area contributed by atoms with Gasteiger partial charge in [-0.3, -0.25) is 0 Å². The van der Waals surface area contributed by atoms with Gasteiger partial charge in [0, 0.05) is 16.5 Å². The molecular formula is C47H35N. The van der Waals surface area contributed by atoms with E-state index in [1.807, 2.05) is 0 Å². The molecule has 0 saturated carbocycles. The normalized spacial score (nSPS) is 13.1. The summed E-state index contributed by atoms with van der Waals surface area (Å²) in [5.41, 5.74) is 15.9. The molecule has 0 unspecified atom stereocenters. The van der Waals surface area contributed by atoms with Gasteiger partial charge < -0.3 is 0 Å². The topological polar surface area (TPSA) is 12.9 Å². The van der Waals surface area contributed by atoms with Crippen LogP contribution < -0.4 is 0 Å². The van der Waals surface area contributed by atoms with Crippen molar-refractivity contribution >= 4 is 21.5 Å². The lowest BCUT2D eigenvalue weighted by Gasteiger charge is -2.23. The highest BCUT2D eigenvalue weighted by atomic mass is 14.7. The first-order valence-electron chi connectivity index (χ1n) is 16.8. The van der Waals surface area contributed by atoms with Crippen LogP contribution in [0.2, 0.25) is 0 Å². The van der Waals surface area contributed by atoms with Crippen LogP contribution >= 0.6 is 0 Å². The summed E-state index contributed by atoms with van der Waals surface area (Å²) in [6.07, 6.45) is 0. The van der Waals surface area contributed by atoms with Crippen molar-refractivity contribution in [2.75, 3.05) is 0 Å². The number of aromatic nitrogens is 1. The maximum Gasteiger partial charge on any atom is 0.0715 e. The fourth-order valence-electron chi connectivity index (χ4n) is 8.04. The van der Waals surface area contributed by atoms with Gasteiger partial charge >= 0.3 is 0 Å². The Morgan fingerprint density at radius 2 is 0.938 bits per heavy atom. The van der Waals surface area contributed by atoms with Crippen LogP contribution in [0, 0.1) is 6.92 Å². The molecule has 0 spiro atoms. The molecule has 0 bridgehead atoms. The van der Waals surface area contributed by atoms with Gasteiger partial charge in [-0.05, 0) is 85.1 Å². The van der Waals surface area contributed by atoms with Crippen molar-refractivity contribution in [2.45, 2.75) is 26.2 Å². The largest absolute Gasteiger partial charge is 0.248 e. The summed E-state index contributed by atoms with van der Waals surface area (Å²) in [6, 6.07) is 57.5. The third kappa shape index (κ3) is 4.35. The molecule has 9 rings (SSSR count). The van der Waals surface area contributed by atoms with E-state index in [1.54, 1.807) is 0 Å². The predicted octanol–water partition coefficient (Wildman–Crippen LogP) is 12.7. The van der Waals surface area contributed by atoms with Gasteiger partial charge in [-0.15, -0.1) is 0 Å². The SMILES string of the molecule is Cc1ccc2c(-c3cc(-c4ccccc4)nc(-c4ccccc4)c3)c3ccccc3c(-c3cccc4c3-c3ccccc3C4(C)C)c2c1. The maximum absolute atomic E-state index is 5.21.